The van der Waals surface area contributed by atoms with Gasteiger partial charge >= 0.3 is 0 Å². The molecule has 3 heteroatoms. The van der Waals surface area contributed by atoms with Crippen LogP contribution in [0.2, 0.25) is 0 Å². The van der Waals surface area contributed by atoms with Gasteiger partial charge < -0.3 is 10.5 Å². The van der Waals surface area contributed by atoms with Gasteiger partial charge in [-0.2, -0.15) is 11.8 Å². The third-order valence-corrected chi connectivity index (χ3v) is 5.03. The van der Waals surface area contributed by atoms with E-state index < -0.39 is 0 Å². The zero-order valence-electron chi connectivity index (χ0n) is 14.0. The summed E-state index contributed by atoms with van der Waals surface area (Å²) in [5, 5.41) is 0. The van der Waals surface area contributed by atoms with Crippen LogP contribution >= 0.6 is 11.8 Å². The molecule has 0 amide bonds. The Bertz CT molecular complexity index is 551. The maximum absolute atomic E-state index is 5.70. The Morgan fingerprint density at radius 2 is 1.48 bits per heavy atom. The Morgan fingerprint density at radius 3 is 2.17 bits per heavy atom. The molecule has 2 aromatic rings. The average Bonchev–Trinajstić information content (AvgIpc) is 2.59. The first kappa shape index (κ1) is 17.7. The van der Waals surface area contributed by atoms with E-state index in [2.05, 4.69) is 24.3 Å². The summed E-state index contributed by atoms with van der Waals surface area (Å²) < 4.78 is 5.17. The maximum atomic E-state index is 5.70. The number of nitrogen functional groups attached to an aromatic ring is 1. The maximum Gasteiger partial charge on any atom is 0.118 e. The predicted octanol–water partition coefficient (Wildman–Crippen LogP) is 5.31. The van der Waals surface area contributed by atoms with Crippen molar-refractivity contribution in [3.63, 3.8) is 0 Å². The van der Waals surface area contributed by atoms with Gasteiger partial charge in [0.25, 0.3) is 0 Å². The van der Waals surface area contributed by atoms with E-state index in [1.54, 1.807) is 7.11 Å². The van der Waals surface area contributed by atoms with E-state index in [1.165, 1.54) is 49.0 Å². The minimum absolute atomic E-state index is 0.850. The lowest BCUT2D eigenvalue weighted by molar-refractivity contribution is 0.414. The summed E-state index contributed by atoms with van der Waals surface area (Å²) in [7, 11) is 1.71. The summed E-state index contributed by atoms with van der Waals surface area (Å²) in [4.78, 5) is 0. The van der Waals surface area contributed by atoms with Crippen LogP contribution in [0.4, 0.5) is 5.69 Å². The molecule has 0 spiro atoms. The van der Waals surface area contributed by atoms with Gasteiger partial charge in [0.1, 0.15) is 5.75 Å². The van der Waals surface area contributed by atoms with Gasteiger partial charge in [-0.1, -0.05) is 37.1 Å². The van der Waals surface area contributed by atoms with E-state index in [4.69, 9.17) is 10.5 Å². The first-order chi connectivity index (χ1) is 11.3. The summed E-state index contributed by atoms with van der Waals surface area (Å²) in [6.45, 7) is 0. The highest BCUT2D eigenvalue weighted by Gasteiger charge is 1.97. The Morgan fingerprint density at radius 1 is 0.826 bits per heavy atom. The van der Waals surface area contributed by atoms with Crippen LogP contribution in [0.15, 0.2) is 48.5 Å². The summed E-state index contributed by atoms with van der Waals surface area (Å²) >= 11 is 2.02. The lowest BCUT2D eigenvalue weighted by Crippen LogP contribution is -1.89. The first-order valence-electron chi connectivity index (χ1n) is 8.33. The van der Waals surface area contributed by atoms with Crippen LogP contribution in [-0.4, -0.2) is 12.9 Å². The fraction of sp³-hybridized carbons (Fsp3) is 0.400. The molecule has 0 aromatic heterocycles. The fourth-order valence-electron chi connectivity index (χ4n) is 2.48. The second-order valence-corrected chi connectivity index (χ2v) is 6.91. The second kappa shape index (κ2) is 10.2. The Hall–Kier alpha value is -1.61. The number of hydrogen-bond donors (Lipinski definition) is 1. The molecular formula is C20H27NOS. The molecule has 0 radical (unpaired) electrons. The van der Waals surface area contributed by atoms with Gasteiger partial charge in [0.05, 0.1) is 7.11 Å². The Kier molecular flexibility index (Phi) is 7.88. The minimum Gasteiger partial charge on any atom is -0.497 e. The van der Waals surface area contributed by atoms with Crippen LogP contribution in [-0.2, 0) is 12.2 Å². The van der Waals surface area contributed by atoms with Crippen molar-refractivity contribution in [2.24, 2.45) is 0 Å². The molecule has 0 aliphatic heterocycles. The average molecular weight is 330 g/mol. The number of unbranched alkanes of at least 4 members (excludes halogenated alkanes) is 3. The second-order valence-electron chi connectivity index (χ2n) is 5.81. The van der Waals surface area contributed by atoms with Gasteiger partial charge in [0.2, 0.25) is 0 Å². The van der Waals surface area contributed by atoms with Gasteiger partial charge in [-0.15, -0.1) is 0 Å². The number of benzene rings is 2. The van der Waals surface area contributed by atoms with E-state index in [0.717, 1.165) is 17.2 Å². The topological polar surface area (TPSA) is 35.2 Å². The molecular weight excluding hydrogens is 302 g/mol. The van der Waals surface area contributed by atoms with E-state index in [9.17, 15) is 0 Å². The van der Waals surface area contributed by atoms with Crippen molar-refractivity contribution >= 4 is 17.4 Å². The standard InChI is InChI=1S/C20H27NOS/c1-22-20-13-9-18(10-14-20)16-23-15-5-3-2-4-6-17-7-11-19(21)12-8-17/h7-14H,2-6,15-16,21H2,1H3. The highest BCUT2D eigenvalue weighted by atomic mass is 32.2. The molecule has 0 saturated heterocycles. The number of ether oxygens (including phenoxy) is 1. The minimum atomic E-state index is 0.850. The van der Waals surface area contributed by atoms with Crippen molar-refractivity contribution in [3.8, 4) is 5.75 Å². The fourth-order valence-corrected chi connectivity index (χ4v) is 3.46. The third-order valence-electron chi connectivity index (χ3n) is 3.91. The number of hydrogen-bond acceptors (Lipinski definition) is 3. The number of anilines is 1. The smallest absolute Gasteiger partial charge is 0.118 e. The SMILES string of the molecule is COc1ccc(CSCCCCCCc2ccc(N)cc2)cc1. The number of methoxy groups -OCH3 is 1. The zero-order valence-corrected chi connectivity index (χ0v) is 14.8. The van der Waals surface area contributed by atoms with Crippen LogP contribution in [0.3, 0.4) is 0 Å². The molecule has 0 saturated carbocycles. The number of thioether (sulfide) groups is 1. The molecule has 2 rings (SSSR count). The highest BCUT2D eigenvalue weighted by molar-refractivity contribution is 7.98. The molecule has 2 N–H and O–H groups in total. The van der Waals surface area contributed by atoms with Crippen LogP contribution < -0.4 is 10.5 Å². The molecule has 0 aliphatic carbocycles. The summed E-state index contributed by atoms with van der Waals surface area (Å²) in [5.74, 6) is 3.27. The van der Waals surface area contributed by atoms with Gasteiger partial charge in [-0.3, -0.25) is 0 Å². The van der Waals surface area contributed by atoms with Gasteiger partial charge in [-0.25, -0.2) is 0 Å². The first-order valence-corrected chi connectivity index (χ1v) is 9.48. The molecule has 124 valence electrons. The lowest BCUT2D eigenvalue weighted by atomic mass is 10.1. The molecule has 0 unspecified atom stereocenters. The number of rotatable bonds is 10. The Balaban J connectivity index is 1.48. The van der Waals surface area contributed by atoms with Crippen LogP contribution in [0.1, 0.15) is 36.8 Å². The van der Waals surface area contributed by atoms with E-state index in [0.29, 0.717) is 0 Å². The molecule has 2 nitrogen and oxygen atoms in total. The van der Waals surface area contributed by atoms with Crippen molar-refractivity contribution in [1.29, 1.82) is 0 Å². The number of aryl methyl sites for hydroxylation is 1. The third kappa shape index (κ3) is 7.00. The van der Waals surface area contributed by atoms with Gasteiger partial charge in [-0.05, 0) is 60.4 Å². The van der Waals surface area contributed by atoms with E-state index in [-0.39, 0.29) is 0 Å². The van der Waals surface area contributed by atoms with Crippen molar-refractivity contribution in [1.82, 2.24) is 0 Å². The van der Waals surface area contributed by atoms with Crippen molar-refractivity contribution in [2.45, 2.75) is 37.9 Å². The normalized spacial score (nSPS) is 10.7. The largest absolute Gasteiger partial charge is 0.497 e. The molecule has 23 heavy (non-hydrogen) atoms. The van der Waals surface area contributed by atoms with Crippen LogP contribution in [0, 0.1) is 0 Å². The van der Waals surface area contributed by atoms with Crippen molar-refractivity contribution in [3.05, 3.63) is 59.7 Å². The molecule has 0 aliphatic rings. The zero-order chi connectivity index (χ0) is 16.3. The molecule has 0 heterocycles. The van der Waals surface area contributed by atoms with E-state index in [1.807, 2.05) is 36.0 Å². The van der Waals surface area contributed by atoms with E-state index >= 15 is 0 Å². The van der Waals surface area contributed by atoms with Gasteiger partial charge in [0, 0.05) is 11.4 Å². The van der Waals surface area contributed by atoms with Crippen LogP contribution in [0.5, 0.6) is 5.75 Å². The summed E-state index contributed by atoms with van der Waals surface area (Å²) in [5.41, 5.74) is 9.32. The number of nitrogens with two attached hydrogens (primary N) is 1. The van der Waals surface area contributed by atoms with Crippen LogP contribution in [0.25, 0.3) is 0 Å². The Labute approximate surface area is 144 Å². The molecule has 0 bridgehead atoms. The molecule has 0 atom stereocenters. The van der Waals surface area contributed by atoms with Crippen molar-refractivity contribution in [2.75, 3.05) is 18.6 Å². The lowest BCUT2D eigenvalue weighted by Gasteiger charge is -2.05. The quantitative estimate of drug-likeness (QED) is 0.473. The summed E-state index contributed by atoms with van der Waals surface area (Å²) in [6, 6.07) is 16.6. The predicted molar refractivity (Wildman–Crippen MR) is 102 cm³/mol. The summed E-state index contributed by atoms with van der Waals surface area (Å²) in [6.07, 6.45) is 6.38. The van der Waals surface area contributed by atoms with Crippen molar-refractivity contribution < 1.29 is 4.74 Å². The molecule has 2 aromatic carbocycles. The monoisotopic (exact) mass is 329 g/mol. The van der Waals surface area contributed by atoms with Gasteiger partial charge in [0.15, 0.2) is 0 Å². The molecule has 0 fully saturated rings. The highest BCUT2D eigenvalue weighted by Crippen LogP contribution is 2.18.